The zero-order valence-electron chi connectivity index (χ0n) is 10.0. The van der Waals surface area contributed by atoms with Crippen LogP contribution < -0.4 is 0 Å². The average Bonchev–Trinajstić information content (AvgIpc) is 3.04. The van der Waals surface area contributed by atoms with E-state index in [1.54, 1.807) is 0 Å². The second-order valence-electron chi connectivity index (χ2n) is 4.61. The van der Waals surface area contributed by atoms with Crippen molar-refractivity contribution in [3.05, 3.63) is 23.0 Å². The zero-order valence-corrected chi connectivity index (χ0v) is 10.0. The van der Waals surface area contributed by atoms with E-state index in [2.05, 4.69) is 4.57 Å². The Bertz CT molecular complexity index is 378. The second kappa shape index (κ2) is 4.83. The van der Waals surface area contributed by atoms with Crippen LogP contribution in [0.3, 0.4) is 0 Å². The maximum Gasteiger partial charge on any atom is 0.151 e. The summed E-state index contributed by atoms with van der Waals surface area (Å²) in [5.74, 6) is 0.817. The van der Waals surface area contributed by atoms with Crippen molar-refractivity contribution in [3.8, 4) is 0 Å². The van der Waals surface area contributed by atoms with E-state index in [-0.39, 0.29) is 0 Å². The summed E-state index contributed by atoms with van der Waals surface area (Å²) < 4.78 is 7.75. The van der Waals surface area contributed by atoms with Crippen LogP contribution in [0.25, 0.3) is 0 Å². The maximum absolute atomic E-state index is 10.8. The van der Waals surface area contributed by atoms with Crippen LogP contribution >= 0.6 is 0 Å². The lowest BCUT2D eigenvalue weighted by Gasteiger charge is -2.09. The third kappa shape index (κ3) is 2.53. The van der Waals surface area contributed by atoms with Crippen molar-refractivity contribution in [3.63, 3.8) is 0 Å². The van der Waals surface area contributed by atoms with Gasteiger partial charge in [-0.2, -0.15) is 0 Å². The van der Waals surface area contributed by atoms with E-state index in [4.69, 9.17) is 4.74 Å². The molecule has 2 rings (SSSR count). The summed E-state index contributed by atoms with van der Waals surface area (Å²) in [7, 11) is 0. The molecule has 0 saturated heterocycles. The Kier molecular flexibility index (Phi) is 3.44. The number of carbonyl (C=O) groups excluding carboxylic acids is 1. The van der Waals surface area contributed by atoms with Gasteiger partial charge in [-0.3, -0.25) is 4.79 Å². The summed E-state index contributed by atoms with van der Waals surface area (Å²) in [5, 5.41) is 0. The largest absolute Gasteiger partial charge is 0.379 e. The van der Waals surface area contributed by atoms with Crippen LogP contribution in [0.1, 0.15) is 34.6 Å². The van der Waals surface area contributed by atoms with E-state index in [9.17, 15) is 4.79 Å². The molecule has 0 aromatic carbocycles. The summed E-state index contributed by atoms with van der Waals surface area (Å²) >= 11 is 0. The second-order valence-corrected chi connectivity index (χ2v) is 4.61. The molecule has 1 saturated carbocycles. The van der Waals surface area contributed by atoms with Gasteiger partial charge >= 0.3 is 0 Å². The van der Waals surface area contributed by atoms with Gasteiger partial charge in [0.15, 0.2) is 6.29 Å². The topological polar surface area (TPSA) is 31.2 Å². The number of ether oxygens (including phenoxy) is 1. The molecule has 1 aromatic heterocycles. The Labute approximate surface area is 96.4 Å². The van der Waals surface area contributed by atoms with Crippen molar-refractivity contribution in [2.45, 2.75) is 33.2 Å². The highest BCUT2D eigenvalue weighted by molar-refractivity contribution is 5.77. The first-order valence-electron chi connectivity index (χ1n) is 5.92. The van der Waals surface area contributed by atoms with Crippen LogP contribution in [0.4, 0.5) is 0 Å². The normalized spacial score (nSPS) is 15.4. The van der Waals surface area contributed by atoms with Gasteiger partial charge in [0.05, 0.1) is 6.61 Å². The van der Waals surface area contributed by atoms with E-state index in [1.807, 2.05) is 19.9 Å². The average molecular weight is 221 g/mol. The lowest BCUT2D eigenvalue weighted by atomic mass is 10.3. The van der Waals surface area contributed by atoms with Gasteiger partial charge in [-0.15, -0.1) is 0 Å². The highest BCUT2D eigenvalue weighted by atomic mass is 16.5. The molecular formula is C13H19NO2. The molecule has 3 nitrogen and oxygen atoms in total. The highest BCUT2D eigenvalue weighted by Crippen LogP contribution is 2.28. The molecule has 0 radical (unpaired) electrons. The van der Waals surface area contributed by atoms with Crippen LogP contribution in [0.15, 0.2) is 6.07 Å². The van der Waals surface area contributed by atoms with Crippen molar-refractivity contribution >= 4 is 6.29 Å². The molecule has 1 aliphatic rings. The lowest BCUT2D eigenvalue weighted by Crippen LogP contribution is -2.10. The molecule has 0 N–H and O–H groups in total. The zero-order chi connectivity index (χ0) is 11.5. The Balaban J connectivity index is 1.86. The van der Waals surface area contributed by atoms with E-state index in [1.165, 1.54) is 12.8 Å². The molecule has 88 valence electrons. The Morgan fingerprint density at radius 2 is 2.25 bits per heavy atom. The van der Waals surface area contributed by atoms with Gasteiger partial charge in [0, 0.05) is 30.1 Å². The molecule has 0 unspecified atom stereocenters. The summed E-state index contributed by atoms with van der Waals surface area (Å²) in [6, 6.07) is 1.93. The minimum atomic E-state index is 0.741. The highest BCUT2D eigenvalue weighted by Gasteiger charge is 2.21. The van der Waals surface area contributed by atoms with Crippen molar-refractivity contribution < 1.29 is 9.53 Å². The smallest absolute Gasteiger partial charge is 0.151 e. The van der Waals surface area contributed by atoms with Crippen molar-refractivity contribution in [2.75, 3.05) is 13.2 Å². The number of hydrogen-bond donors (Lipinski definition) is 0. The third-order valence-corrected chi connectivity index (χ3v) is 3.25. The summed E-state index contributed by atoms with van der Waals surface area (Å²) in [6.07, 6.45) is 3.58. The third-order valence-electron chi connectivity index (χ3n) is 3.25. The number of aldehydes is 1. The molecular weight excluding hydrogens is 202 g/mol. The maximum atomic E-state index is 10.8. The van der Waals surface area contributed by atoms with Gasteiger partial charge in [0.25, 0.3) is 0 Å². The summed E-state index contributed by atoms with van der Waals surface area (Å²) in [6.45, 7) is 6.50. The first-order valence-corrected chi connectivity index (χ1v) is 5.92. The molecule has 1 heterocycles. The minimum Gasteiger partial charge on any atom is -0.379 e. The predicted molar refractivity (Wildman–Crippen MR) is 62.8 cm³/mol. The number of carbonyl (C=O) groups is 1. The standard InChI is InChI=1S/C13H19NO2/c1-10-7-13(8-15)11(2)14(10)5-6-16-9-12-3-4-12/h7-8,12H,3-6,9H2,1-2H3. The molecule has 0 amide bonds. The van der Waals surface area contributed by atoms with Crippen LogP contribution in [0, 0.1) is 19.8 Å². The fourth-order valence-electron chi connectivity index (χ4n) is 1.98. The number of rotatable bonds is 6. The van der Waals surface area contributed by atoms with Gasteiger partial charge in [0.1, 0.15) is 0 Å². The van der Waals surface area contributed by atoms with E-state index in [0.717, 1.165) is 48.9 Å². The van der Waals surface area contributed by atoms with E-state index in [0.29, 0.717) is 0 Å². The monoisotopic (exact) mass is 221 g/mol. The van der Waals surface area contributed by atoms with Gasteiger partial charge in [0.2, 0.25) is 0 Å². The molecule has 3 heteroatoms. The van der Waals surface area contributed by atoms with Gasteiger partial charge in [-0.05, 0) is 38.7 Å². The van der Waals surface area contributed by atoms with Crippen molar-refractivity contribution in [1.29, 1.82) is 0 Å². The fourth-order valence-corrected chi connectivity index (χ4v) is 1.98. The quantitative estimate of drug-likeness (QED) is 0.545. The number of aromatic nitrogens is 1. The fraction of sp³-hybridized carbons (Fsp3) is 0.615. The molecule has 1 aliphatic carbocycles. The summed E-state index contributed by atoms with van der Waals surface area (Å²) in [4.78, 5) is 10.8. The van der Waals surface area contributed by atoms with Gasteiger partial charge in [-0.25, -0.2) is 0 Å². The minimum absolute atomic E-state index is 0.741. The molecule has 0 atom stereocenters. The van der Waals surface area contributed by atoms with E-state index < -0.39 is 0 Å². The first-order chi connectivity index (χ1) is 7.72. The van der Waals surface area contributed by atoms with Crippen molar-refractivity contribution in [1.82, 2.24) is 4.57 Å². The van der Waals surface area contributed by atoms with Crippen LogP contribution in [0.5, 0.6) is 0 Å². The Morgan fingerprint density at radius 3 is 2.81 bits per heavy atom. The van der Waals surface area contributed by atoms with Crippen molar-refractivity contribution in [2.24, 2.45) is 5.92 Å². The lowest BCUT2D eigenvalue weighted by molar-refractivity contribution is 0.111. The molecule has 0 bridgehead atoms. The number of hydrogen-bond acceptors (Lipinski definition) is 2. The molecule has 16 heavy (non-hydrogen) atoms. The van der Waals surface area contributed by atoms with Gasteiger partial charge < -0.3 is 9.30 Å². The number of aryl methyl sites for hydroxylation is 1. The van der Waals surface area contributed by atoms with Crippen LogP contribution in [-0.2, 0) is 11.3 Å². The summed E-state index contributed by atoms with van der Waals surface area (Å²) in [5.41, 5.74) is 2.97. The van der Waals surface area contributed by atoms with Gasteiger partial charge in [-0.1, -0.05) is 0 Å². The Hall–Kier alpha value is -1.09. The molecule has 1 aromatic rings. The Morgan fingerprint density at radius 1 is 1.50 bits per heavy atom. The molecule has 0 spiro atoms. The predicted octanol–water partition coefficient (Wildman–Crippen LogP) is 2.34. The molecule has 1 fully saturated rings. The van der Waals surface area contributed by atoms with Crippen LogP contribution in [0.2, 0.25) is 0 Å². The van der Waals surface area contributed by atoms with Crippen LogP contribution in [-0.4, -0.2) is 24.1 Å². The molecule has 0 aliphatic heterocycles. The van der Waals surface area contributed by atoms with E-state index >= 15 is 0 Å². The number of nitrogens with zero attached hydrogens (tertiary/aromatic N) is 1. The first kappa shape index (κ1) is 11.4. The SMILES string of the molecule is Cc1cc(C=O)c(C)n1CCOCC1CC1.